The molecule has 10 heteroatoms. The number of sulfonamides is 1. The number of hydrogen-bond acceptors (Lipinski definition) is 5. The molecule has 3 rings (SSSR count). The lowest BCUT2D eigenvalue weighted by atomic mass is 10.1. The van der Waals surface area contributed by atoms with Crippen molar-refractivity contribution in [1.29, 1.82) is 0 Å². The number of ether oxygens (including phenoxy) is 1. The molecule has 3 aromatic carbocycles. The molecular weight excluding hydrogens is 574 g/mol. The van der Waals surface area contributed by atoms with Gasteiger partial charge in [-0.25, -0.2) is 8.42 Å². The molecule has 1 atom stereocenters. The highest BCUT2D eigenvalue weighted by Crippen LogP contribution is 2.32. The van der Waals surface area contributed by atoms with Crippen molar-refractivity contribution in [3.05, 3.63) is 88.4 Å². The van der Waals surface area contributed by atoms with E-state index in [-0.39, 0.29) is 28.1 Å². The van der Waals surface area contributed by atoms with Crippen LogP contribution in [0.2, 0.25) is 5.02 Å². The van der Waals surface area contributed by atoms with Gasteiger partial charge in [0, 0.05) is 13.1 Å². The first-order valence-corrected chi connectivity index (χ1v) is 15.9. The molecule has 0 spiro atoms. The Morgan fingerprint density at radius 2 is 1.69 bits per heavy atom. The van der Waals surface area contributed by atoms with Crippen LogP contribution in [-0.4, -0.2) is 51.4 Å². The lowest BCUT2D eigenvalue weighted by molar-refractivity contribution is -0.140. The summed E-state index contributed by atoms with van der Waals surface area (Å²) in [5, 5.41) is 3.14. The number of carbonyl (C=O) groups is 2. The molecule has 2 amide bonds. The minimum atomic E-state index is -4.20. The van der Waals surface area contributed by atoms with Crippen LogP contribution in [0.3, 0.4) is 0 Å². The highest BCUT2D eigenvalue weighted by atomic mass is 35.5. The van der Waals surface area contributed by atoms with Crippen molar-refractivity contribution in [2.75, 3.05) is 24.5 Å². The van der Waals surface area contributed by atoms with Crippen molar-refractivity contribution in [3.8, 4) is 5.75 Å². The highest BCUT2D eigenvalue weighted by Gasteiger charge is 2.34. The summed E-state index contributed by atoms with van der Waals surface area (Å²) in [6, 6.07) is 17.8. The molecule has 0 radical (unpaired) electrons. The number of amides is 2. The van der Waals surface area contributed by atoms with Gasteiger partial charge in [0.25, 0.3) is 10.0 Å². The van der Waals surface area contributed by atoms with Crippen LogP contribution in [0.25, 0.3) is 0 Å². The van der Waals surface area contributed by atoms with Gasteiger partial charge in [0.1, 0.15) is 18.3 Å². The molecule has 42 heavy (non-hydrogen) atoms. The number of anilines is 1. The van der Waals surface area contributed by atoms with Crippen LogP contribution in [0.5, 0.6) is 5.75 Å². The predicted molar refractivity (Wildman–Crippen MR) is 167 cm³/mol. The maximum atomic E-state index is 14.2. The number of aryl methyl sites for hydroxylation is 2. The maximum Gasteiger partial charge on any atom is 0.264 e. The summed E-state index contributed by atoms with van der Waals surface area (Å²) in [5.41, 5.74) is 2.92. The first-order valence-electron chi connectivity index (χ1n) is 14.1. The third-order valence-corrected chi connectivity index (χ3v) is 9.21. The fourth-order valence-corrected chi connectivity index (χ4v) is 6.23. The molecule has 0 saturated heterocycles. The lowest BCUT2D eigenvalue weighted by Gasteiger charge is -2.33. The summed E-state index contributed by atoms with van der Waals surface area (Å²) in [7, 11) is -2.74. The van der Waals surface area contributed by atoms with Gasteiger partial charge in [-0.3, -0.25) is 13.9 Å². The SMILES string of the molecule is CCCCNC(=O)[C@@H](CC)N(Cc1ccccc1C)C(=O)CN(c1ccc(OC)c(Cl)c1)S(=O)(=O)c1ccc(C)cc1. The molecule has 0 aromatic heterocycles. The summed E-state index contributed by atoms with van der Waals surface area (Å²) in [5.74, 6) is -0.415. The zero-order chi connectivity index (χ0) is 30.9. The van der Waals surface area contributed by atoms with Crippen LogP contribution in [0.1, 0.15) is 49.8 Å². The third-order valence-electron chi connectivity index (χ3n) is 7.13. The highest BCUT2D eigenvalue weighted by molar-refractivity contribution is 7.92. The average molecular weight is 614 g/mol. The Bertz CT molecular complexity index is 1480. The first-order chi connectivity index (χ1) is 20.0. The number of carbonyl (C=O) groups excluding carboxylic acids is 2. The minimum Gasteiger partial charge on any atom is -0.495 e. The third kappa shape index (κ3) is 8.04. The van der Waals surface area contributed by atoms with Crippen LogP contribution in [0, 0.1) is 13.8 Å². The molecule has 0 bridgehead atoms. The number of nitrogens with one attached hydrogen (secondary N) is 1. The smallest absolute Gasteiger partial charge is 0.264 e. The minimum absolute atomic E-state index is 0.0302. The van der Waals surface area contributed by atoms with E-state index in [0.29, 0.717) is 18.7 Å². The Morgan fingerprint density at radius 3 is 2.29 bits per heavy atom. The van der Waals surface area contributed by atoms with Gasteiger partial charge in [-0.1, -0.05) is 73.8 Å². The number of halogens is 1. The summed E-state index contributed by atoms with van der Waals surface area (Å²) < 4.78 is 34.4. The van der Waals surface area contributed by atoms with Crippen molar-refractivity contribution < 1.29 is 22.7 Å². The second kappa shape index (κ2) is 15.1. The number of unbranched alkanes of at least 4 members (excludes halogenated alkanes) is 1. The van der Waals surface area contributed by atoms with Gasteiger partial charge in [-0.15, -0.1) is 0 Å². The van der Waals surface area contributed by atoms with E-state index in [4.69, 9.17) is 16.3 Å². The molecule has 0 aliphatic carbocycles. The van der Waals surface area contributed by atoms with Gasteiger partial charge >= 0.3 is 0 Å². The zero-order valence-corrected chi connectivity index (χ0v) is 26.5. The fraction of sp³-hybridized carbons (Fsp3) is 0.375. The summed E-state index contributed by atoms with van der Waals surface area (Å²) in [4.78, 5) is 29.0. The largest absolute Gasteiger partial charge is 0.495 e. The molecule has 1 N–H and O–H groups in total. The van der Waals surface area contributed by atoms with Gasteiger partial charge in [-0.2, -0.15) is 0 Å². The Morgan fingerprint density at radius 1 is 1.00 bits per heavy atom. The molecule has 0 heterocycles. The predicted octanol–water partition coefficient (Wildman–Crippen LogP) is 5.88. The fourth-order valence-electron chi connectivity index (χ4n) is 4.57. The van der Waals surface area contributed by atoms with Crippen LogP contribution >= 0.6 is 11.6 Å². The summed E-state index contributed by atoms with van der Waals surface area (Å²) >= 11 is 6.39. The lowest BCUT2D eigenvalue weighted by Crippen LogP contribution is -2.52. The molecule has 0 aliphatic heterocycles. The number of rotatable bonds is 14. The summed E-state index contributed by atoms with van der Waals surface area (Å²) in [6.45, 7) is 7.78. The Hall–Kier alpha value is -3.56. The number of methoxy groups -OCH3 is 1. The van der Waals surface area contributed by atoms with E-state index in [1.807, 2.05) is 52.0 Å². The monoisotopic (exact) mass is 613 g/mol. The molecule has 8 nitrogen and oxygen atoms in total. The van der Waals surface area contributed by atoms with E-state index < -0.39 is 28.5 Å². The van der Waals surface area contributed by atoms with E-state index in [9.17, 15) is 18.0 Å². The molecule has 226 valence electrons. The number of nitrogens with zero attached hydrogens (tertiary/aromatic N) is 2. The normalized spacial score (nSPS) is 12.0. The molecular formula is C32H40ClN3O5S. The van der Waals surface area contributed by atoms with Crippen molar-refractivity contribution in [2.24, 2.45) is 0 Å². The Balaban J connectivity index is 2.08. The Labute approximate surface area is 254 Å². The van der Waals surface area contributed by atoms with Crippen LogP contribution in [0.4, 0.5) is 5.69 Å². The second-order valence-electron chi connectivity index (χ2n) is 10.2. The quantitative estimate of drug-likeness (QED) is 0.229. The van der Waals surface area contributed by atoms with Crippen molar-refractivity contribution in [3.63, 3.8) is 0 Å². The average Bonchev–Trinajstić information content (AvgIpc) is 2.97. The molecule has 3 aromatic rings. The molecule has 0 saturated carbocycles. The number of hydrogen-bond donors (Lipinski definition) is 1. The van der Waals surface area contributed by atoms with Crippen molar-refractivity contribution >= 4 is 39.1 Å². The van der Waals surface area contributed by atoms with Gasteiger partial charge in [0.2, 0.25) is 11.8 Å². The van der Waals surface area contributed by atoms with Gasteiger partial charge in [0.15, 0.2) is 0 Å². The molecule has 0 unspecified atom stereocenters. The van der Waals surface area contributed by atoms with Crippen LogP contribution < -0.4 is 14.4 Å². The summed E-state index contributed by atoms with van der Waals surface area (Å²) in [6.07, 6.45) is 2.09. The van der Waals surface area contributed by atoms with Crippen molar-refractivity contribution in [1.82, 2.24) is 10.2 Å². The topological polar surface area (TPSA) is 96.0 Å². The van der Waals surface area contributed by atoms with E-state index >= 15 is 0 Å². The maximum absolute atomic E-state index is 14.2. The van der Waals surface area contributed by atoms with E-state index in [1.54, 1.807) is 24.3 Å². The van der Waals surface area contributed by atoms with Crippen LogP contribution in [0.15, 0.2) is 71.6 Å². The standard InChI is InChI=1S/C32H40ClN3O5S/c1-6-8-19-34-32(38)29(7-2)35(21-25-12-10-9-11-24(25)4)31(37)22-36(26-15-18-30(41-5)28(33)20-26)42(39,40)27-16-13-23(3)14-17-27/h9-18,20,29H,6-8,19,21-22H2,1-5H3,(H,34,38)/t29-/m1/s1. The van der Waals surface area contributed by atoms with Gasteiger partial charge < -0.3 is 15.0 Å². The van der Waals surface area contributed by atoms with Crippen LogP contribution in [-0.2, 0) is 26.2 Å². The molecule has 0 aliphatic rings. The van der Waals surface area contributed by atoms with Crippen molar-refractivity contribution in [2.45, 2.75) is 64.4 Å². The van der Waals surface area contributed by atoms with Gasteiger partial charge in [-0.05, 0) is 68.1 Å². The zero-order valence-electron chi connectivity index (χ0n) is 24.9. The number of benzene rings is 3. The molecule has 0 fully saturated rings. The van der Waals surface area contributed by atoms with Gasteiger partial charge in [0.05, 0.1) is 22.7 Å². The van der Waals surface area contributed by atoms with E-state index in [0.717, 1.165) is 33.8 Å². The second-order valence-corrected chi connectivity index (χ2v) is 12.4. The Kier molecular flexibility index (Phi) is 11.8. The van der Waals surface area contributed by atoms with E-state index in [1.165, 1.54) is 30.2 Å². The van der Waals surface area contributed by atoms with E-state index in [2.05, 4.69) is 5.32 Å². The first kappa shape index (κ1) is 32.9.